The van der Waals surface area contributed by atoms with Gasteiger partial charge in [-0.2, -0.15) is 0 Å². The second-order valence-corrected chi connectivity index (χ2v) is 11.1. The minimum absolute atomic E-state index is 0.233. The Morgan fingerprint density at radius 2 is 1.89 bits per heavy atom. The summed E-state index contributed by atoms with van der Waals surface area (Å²) in [4.78, 5) is 5.36. The van der Waals surface area contributed by atoms with Crippen LogP contribution in [0, 0.1) is 12.8 Å². The summed E-state index contributed by atoms with van der Waals surface area (Å²) in [5.41, 5.74) is 3.40. The highest BCUT2D eigenvalue weighted by molar-refractivity contribution is 7.83. The van der Waals surface area contributed by atoms with Gasteiger partial charge < -0.3 is 9.47 Å². The third kappa shape index (κ3) is 4.19. The van der Waals surface area contributed by atoms with Gasteiger partial charge in [-0.25, -0.2) is 13.2 Å². The van der Waals surface area contributed by atoms with Gasteiger partial charge in [-0.15, -0.1) is 10.2 Å². The fraction of sp³-hybridized carbons (Fsp3) is 0.500. The number of aromatic nitrogens is 5. The van der Waals surface area contributed by atoms with Crippen LogP contribution >= 0.6 is 0 Å². The van der Waals surface area contributed by atoms with E-state index in [0.717, 1.165) is 72.8 Å². The second kappa shape index (κ2) is 9.44. The van der Waals surface area contributed by atoms with Gasteiger partial charge in [-0.1, -0.05) is 31.0 Å². The lowest BCUT2D eigenvalue weighted by molar-refractivity contribution is -0.0668. The zero-order chi connectivity index (χ0) is 23.9. The zero-order valence-corrected chi connectivity index (χ0v) is 21.0. The van der Waals surface area contributed by atoms with E-state index in [-0.39, 0.29) is 12.0 Å². The molecule has 1 saturated carbocycles. The summed E-state index contributed by atoms with van der Waals surface area (Å²) < 4.78 is 29.2. The van der Waals surface area contributed by atoms with Crippen LogP contribution in [0.2, 0.25) is 0 Å². The highest BCUT2D eigenvalue weighted by Crippen LogP contribution is 2.43. The van der Waals surface area contributed by atoms with Gasteiger partial charge in [0.2, 0.25) is 0 Å². The molecule has 0 N–H and O–H groups in total. The molecule has 6 rings (SSSR count). The van der Waals surface area contributed by atoms with Crippen LogP contribution in [-0.2, 0) is 20.5 Å². The smallest absolute Gasteiger partial charge is 0.179 e. The molecule has 1 aliphatic carbocycles. The predicted molar refractivity (Wildman–Crippen MR) is 134 cm³/mol. The standard InChI is InChI=1S/C26H31N5O3S/c1-3-18-14-20(34-19-9-12-33-13-10-19)15-22(18)25-29-28-24-16-27-26-23(31(24)25)8-11-30(26)35(32)21-6-4-17(2)5-7-21/h4-8,11,16,18-20,22H,3,9-10,12-15H2,1-2H3. The lowest BCUT2D eigenvalue weighted by atomic mass is 9.93. The first kappa shape index (κ1) is 22.8. The predicted octanol–water partition coefficient (Wildman–Crippen LogP) is 4.43. The molecule has 0 radical (unpaired) electrons. The number of hydrogen-bond acceptors (Lipinski definition) is 6. The molecular weight excluding hydrogens is 462 g/mol. The topological polar surface area (TPSA) is 83.5 Å². The molecule has 2 fully saturated rings. The highest BCUT2D eigenvalue weighted by Gasteiger charge is 2.39. The molecular formula is C26H31N5O3S. The van der Waals surface area contributed by atoms with Crippen molar-refractivity contribution >= 4 is 27.8 Å². The molecule has 4 atom stereocenters. The van der Waals surface area contributed by atoms with Crippen LogP contribution in [-0.4, -0.2) is 53.2 Å². The third-order valence-corrected chi connectivity index (χ3v) is 8.85. The van der Waals surface area contributed by atoms with Crippen LogP contribution in [0.15, 0.2) is 47.6 Å². The van der Waals surface area contributed by atoms with Crippen LogP contribution in [0.1, 0.15) is 56.3 Å². The molecule has 1 saturated heterocycles. The van der Waals surface area contributed by atoms with Crippen LogP contribution < -0.4 is 0 Å². The Kier molecular flexibility index (Phi) is 6.16. The summed E-state index contributed by atoms with van der Waals surface area (Å²) in [6.45, 7) is 5.85. The Labute approximate surface area is 207 Å². The fourth-order valence-corrected chi connectivity index (χ4v) is 6.70. The molecule has 2 aliphatic rings. The molecule has 4 heterocycles. The first-order valence-electron chi connectivity index (χ1n) is 12.6. The van der Waals surface area contributed by atoms with Crippen LogP contribution in [0.25, 0.3) is 16.8 Å². The SMILES string of the molecule is CCC1CC(OC2CCOCC2)CC1c1nnc2cnc3c(ccn3S(=O)c3ccc(C)cc3)n12. The summed E-state index contributed by atoms with van der Waals surface area (Å²) in [6, 6.07) is 9.74. The van der Waals surface area contributed by atoms with Gasteiger partial charge in [0.1, 0.15) is 5.82 Å². The molecule has 4 aromatic rings. The maximum Gasteiger partial charge on any atom is 0.179 e. The molecule has 3 aromatic heterocycles. The summed E-state index contributed by atoms with van der Waals surface area (Å²) in [7, 11) is -1.39. The zero-order valence-electron chi connectivity index (χ0n) is 20.2. The van der Waals surface area contributed by atoms with E-state index in [4.69, 9.17) is 9.47 Å². The average Bonchev–Trinajstić information content (AvgIpc) is 3.60. The van der Waals surface area contributed by atoms with Crippen molar-refractivity contribution < 1.29 is 13.7 Å². The highest BCUT2D eigenvalue weighted by atomic mass is 32.2. The Morgan fingerprint density at radius 3 is 2.66 bits per heavy atom. The second-order valence-electron chi connectivity index (χ2n) is 9.74. The fourth-order valence-electron chi connectivity index (χ4n) is 5.63. The first-order valence-corrected chi connectivity index (χ1v) is 13.7. The molecule has 0 amide bonds. The normalized spacial score (nSPS) is 24.5. The molecule has 9 heteroatoms. The number of benzene rings is 1. The monoisotopic (exact) mass is 493 g/mol. The van der Waals surface area contributed by atoms with Crippen molar-refractivity contribution in [1.29, 1.82) is 0 Å². The van der Waals surface area contributed by atoms with Gasteiger partial charge >= 0.3 is 0 Å². The van der Waals surface area contributed by atoms with Crippen molar-refractivity contribution in [2.24, 2.45) is 5.92 Å². The number of aryl methyl sites for hydroxylation is 1. The minimum atomic E-state index is -1.39. The van der Waals surface area contributed by atoms with E-state index < -0.39 is 11.0 Å². The molecule has 35 heavy (non-hydrogen) atoms. The molecule has 0 spiro atoms. The molecule has 8 nitrogen and oxygen atoms in total. The van der Waals surface area contributed by atoms with Crippen molar-refractivity contribution in [2.45, 2.75) is 69.0 Å². The number of fused-ring (bicyclic) bond motifs is 3. The number of nitrogens with zero attached hydrogens (tertiary/aromatic N) is 5. The average molecular weight is 494 g/mol. The lowest BCUT2D eigenvalue weighted by Gasteiger charge is -2.25. The Bertz CT molecular complexity index is 1360. The van der Waals surface area contributed by atoms with E-state index in [9.17, 15) is 4.21 Å². The number of rotatable bonds is 6. The van der Waals surface area contributed by atoms with Crippen molar-refractivity contribution in [1.82, 2.24) is 23.6 Å². The Balaban J connectivity index is 1.34. The van der Waals surface area contributed by atoms with Crippen molar-refractivity contribution in [3.8, 4) is 0 Å². The van der Waals surface area contributed by atoms with E-state index in [1.165, 1.54) is 0 Å². The third-order valence-electron chi connectivity index (χ3n) is 7.52. The van der Waals surface area contributed by atoms with Crippen molar-refractivity contribution in [3.05, 3.63) is 54.1 Å². The van der Waals surface area contributed by atoms with E-state index in [2.05, 4.69) is 26.5 Å². The van der Waals surface area contributed by atoms with Gasteiger partial charge in [0.25, 0.3) is 0 Å². The molecule has 0 bridgehead atoms. The maximum atomic E-state index is 13.3. The molecule has 1 aliphatic heterocycles. The van der Waals surface area contributed by atoms with E-state index in [0.29, 0.717) is 17.7 Å². The minimum Gasteiger partial charge on any atom is -0.381 e. The van der Waals surface area contributed by atoms with Crippen molar-refractivity contribution in [3.63, 3.8) is 0 Å². The van der Waals surface area contributed by atoms with Gasteiger partial charge in [0.05, 0.1) is 28.8 Å². The maximum absolute atomic E-state index is 13.3. The Hall–Kier alpha value is -2.62. The van der Waals surface area contributed by atoms with Crippen LogP contribution in [0.5, 0.6) is 0 Å². The molecule has 1 aromatic carbocycles. The van der Waals surface area contributed by atoms with E-state index >= 15 is 0 Å². The van der Waals surface area contributed by atoms with Gasteiger partial charge in [0, 0.05) is 25.3 Å². The largest absolute Gasteiger partial charge is 0.381 e. The van der Waals surface area contributed by atoms with Gasteiger partial charge in [-0.05, 0) is 56.7 Å². The van der Waals surface area contributed by atoms with Crippen LogP contribution in [0.4, 0.5) is 0 Å². The van der Waals surface area contributed by atoms with E-state index in [1.54, 1.807) is 10.2 Å². The summed E-state index contributed by atoms with van der Waals surface area (Å²) in [5.74, 6) is 1.70. The van der Waals surface area contributed by atoms with E-state index in [1.807, 2.05) is 43.5 Å². The number of hydrogen-bond donors (Lipinski definition) is 0. The quantitative estimate of drug-likeness (QED) is 0.395. The molecule has 184 valence electrons. The van der Waals surface area contributed by atoms with Gasteiger partial charge in [0.15, 0.2) is 22.3 Å². The first-order chi connectivity index (χ1) is 17.1. The van der Waals surface area contributed by atoms with Crippen molar-refractivity contribution in [2.75, 3.05) is 13.2 Å². The number of ether oxygens (including phenoxy) is 2. The lowest BCUT2D eigenvalue weighted by Crippen LogP contribution is -2.27. The summed E-state index contributed by atoms with van der Waals surface area (Å²) in [6.07, 6.45) is 9.11. The van der Waals surface area contributed by atoms with Gasteiger partial charge in [-0.3, -0.25) is 4.40 Å². The summed E-state index contributed by atoms with van der Waals surface area (Å²) in [5, 5.41) is 9.09. The summed E-state index contributed by atoms with van der Waals surface area (Å²) >= 11 is 0. The molecule has 4 unspecified atom stereocenters. The van der Waals surface area contributed by atoms with Crippen LogP contribution in [0.3, 0.4) is 0 Å². The Morgan fingerprint density at radius 1 is 1.09 bits per heavy atom.